The maximum absolute atomic E-state index is 12.2. The number of hydrazone groups is 1. The van der Waals surface area contributed by atoms with Crippen LogP contribution in [0.25, 0.3) is 0 Å². The van der Waals surface area contributed by atoms with Crippen LogP contribution < -0.4 is 4.74 Å². The number of hydrogen-bond donors (Lipinski definition) is 1. The van der Waals surface area contributed by atoms with Gasteiger partial charge >= 0.3 is 0 Å². The number of ether oxygens (including phenoxy) is 2. The molecule has 8 nitrogen and oxygen atoms in total. The Morgan fingerprint density at radius 3 is 2.89 bits per heavy atom. The lowest BCUT2D eigenvalue weighted by atomic mass is 9.87. The summed E-state index contributed by atoms with van der Waals surface area (Å²) in [6.45, 7) is 3.36. The minimum Gasteiger partial charge on any atom is -0.485 e. The van der Waals surface area contributed by atoms with Gasteiger partial charge < -0.3 is 14.6 Å². The molecule has 1 aromatic rings. The van der Waals surface area contributed by atoms with Crippen LogP contribution in [-0.2, 0) is 9.53 Å². The predicted molar refractivity (Wildman–Crippen MR) is 92.1 cm³/mol. The number of carbonyl (C=O) groups is 1. The molecule has 0 saturated heterocycles. The highest BCUT2D eigenvalue weighted by Crippen LogP contribution is 2.48. The maximum atomic E-state index is 12.2. The summed E-state index contributed by atoms with van der Waals surface area (Å²) in [6.07, 6.45) is -1.19. The first-order valence-electron chi connectivity index (χ1n) is 8.70. The Bertz CT molecular complexity index is 927. The van der Waals surface area contributed by atoms with Crippen molar-refractivity contribution >= 4 is 11.8 Å². The third kappa shape index (κ3) is 2.79. The smallest absolute Gasteiger partial charge is 0.247 e. The van der Waals surface area contributed by atoms with Crippen molar-refractivity contribution in [2.75, 3.05) is 6.54 Å². The number of aliphatic hydroxyl groups is 1. The Kier molecular flexibility index (Phi) is 3.83. The van der Waals surface area contributed by atoms with Crippen molar-refractivity contribution in [3.8, 4) is 17.9 Å². The Morgan fingerprint density at radius 1 is 1.41 bits per heavy atom. The van der Waals surface area contributed by atoms with Crippen molar-refractivity contribution in [2.45, 2.75) is 38.1 Å². The monoisotopic (exact) mass is 366 g/mol. The number of fused-ring (bicyclic) bond motifs is 2. The highest BCUT2D eigenvalue weighted by molar-refractivity contribution is 5.96. The summed E-state index contributed by atoms with van der Waals surface area (Å²) in [6, 6.07) is 8.95. The van der Waals surface area contributed by atoms with Crippen LogP contribution in [0.1, 0.15) is 37.5 Å². The molecule has 2 aliphatic heterocycles. The van der Waals surface area contributed by atoms with E-state index >= 15 is 0 Å². The van der Waals surface area contributed by atoms with Gasteiger partial charge in [-0.15, -0.1) is 5.10 Å². The SMILES string of the molecule is CC1(C)Oc2ccc(C#N)cc2[C@@H](OC2=NN(CC#N)C(=O)[C@@H]3C[C@@H]23)[C@@H]1O. The molecule has 1 N–H and O–H groups in total. The third-order valence-electron chi connectivity index (χ3n) is 5.18. The molecule has 27 heavy (non-hydrogen) atoms. The van der Waals surface area contributed by atoms with Crippen molar-refractivity contribution in [1.82, 2.24) is 5.01 Å². The van der Waals surface area contributed by atoms with Gasteiger partial charge in [0.15, 0.2) is 6.10 Å². The fraction of sp³-hybridized carbons (Fsp3) is 0.474. The molecule has 1 aliphatic carbocycles. The van der Waals surface area contributed by atoms with Crippen LogP contribution >= 0.6 is 0 Å². The molecule has 3 aliphatic rings. The van der Waals surface area contributed by atoms with Crippen LogP contribution in [0.4, 0.5) is 0 Å². The summed E-state index contributed by atoms with van der Waals surface area (Å²) in [7, 11) is 0. The highest BCUT2D eigenvalue weighted by Gasteiger charge is 2.54. The van der Waals surface area contributed by atoms with Crippen molar-refractivity contribution < 1.29 is 19.4 Å². The topological polar surface area (TPSA) is 119 Å². The normalized spacial score (nSPS) is 30.0. The fourth-order valence-electron chi connectivity index (χ4n) is 3.54. The van der Waals surface area contributed by atoms with E-state index in [0.717, 1.165) is 5.01 Å². The third-order valence-corrected chi connectivity index (χ3v) is 5.18. The molecule has 4 rings (SSSR count). The molecule has 8 heteroatoms. The maximum Gasteiger partial charge on any atom is 0.247 e. The first-order chi connectivity index (χ1) is 12.9. The Hall–Kier alpha value is -3.10. The zero-order chi connectivity index (χ0) is 19.3. The van der Waals surface area contributed by atoms with E-state index < -0.39 is 17.8 Å². The van der Waals surface area contributed by atoms with Gasteiger partial charge in [0.25, 0.3) is 0 Å². The highest BCUT2D eigenvalue weighted by atomic mass is 16.5. The predicted octanol–water partition coefficient (Wildman–Crippen LogP) is 1.46. The van der Waals surface area contributed by atoms with Gasteiger partial charge in [0, 0.05) is 11.5 Å². The first kappa shape index (κ1) is 17.3. The van der Waals surface area contributed by atoms with Crippen LogP contribution in [0, 0.1) is 34.5 Å². The van der Waals surface area contributed by atoms with Gasteiger partial charge in [-0.2, -0.15) is 10.5 Å². The van der Waals surface area contributed by atoms with Crippen LogP contribution in [0.3, 0.4) is 0 Å². The van der Waals surface area contributed by atoms with Gasteiger partial charge in [-0.25, -0.2) is 5.01 Å². The van der Waals surface area contributed by atoms with Crippen molar-refractivity contribution in [1.29, 1.82) is 10.5 Å². The molecule has 0 aromatic heterocycles. The van der Waals surface area contributed by atoms with Gasteiger partial charge in [-0.05, 0) is 38.5 Å². The van der Waals surface area contributed by atoms with E-state index in [1.807, 2.05) is 6.07 Å². The average Bonchev–Trinajstić information content (AvgIpc) is 3.43. The second-order valence-electron chi connectivity index (χ2n) is 7.49. The minimum absolute atomic E-state index is 0.131. The van der Waals surface area contributed by atoms with Crippen LogP contribution in [0.15, 0.2) is 23.3 Å². The Morgan fingerprint density at radius 2 is 2.19 bits per heavy atom. The van der Waals surface area contributed by atoms with E-state index in [4.69, 9.17) is 14.7 Å². The van der Waals surface area contributed by atoms with Crippen LogP contribution in [-0.4, -0.2) is 40.2 Å². The van der Waals surface area contributed by atoms with E-state index in [2.05, 4.69) is 11.2 Å². The zero-order valence-corrected chi connectivity index (χ0v) is 14.9. The Balaban J connectivity index is 1.71. The molecule has 1 saturated carbocycles. The second kappa shape index (κ2) is 5.97. The number of nitriles is 2. The number of hydrogen-bond acceptors (Lipinski definition) is 7. The molecule has 4 atom stereocenters. The van der Waals surface area contributed by atoms with Crippen molar-refractivity contribution in [3.63, 3.8) is 0 Å². The van der Waals surface area contributed by atoms with Crippen molar-refractivity contribution in [3.05, 3.63) is 29.3 Å². The first-order valence-corrected chi connectivity index (χ1v) is 8.70. The van der Waals surface area contributed by atoms with E-state index in [-0.39, 0.29) is 24.3 Å². The van der Waals surface area contributed by atoms with Gasteiger partial charge in [0.2, 0.25) is 11.8 Å². The molecular formula is C19H18N4O4. The quantitative estimate of drug-likeness (QED) is 0.792. The Labute approximate surface area is 156 Å². The summed E-state index contributed by atoms with van der Waals surface area (Å²) in [4.78, 5) is 12.2. The molecular weight excluding hydrogens is 348 g/mol. The summed E-state index contributed by atoms with van der Waals surface area (Å²) in [5, 5.41) is 34.3. The van der Waals surface area contributed by atoms with E-state index in [9.17, 15) is 15.2 Å². The fourth-order valence-corrected chi connectivity index (χ4v) is 3.54. The number of aliphatic hydroxyl groups excluding tert-OH is 1. The molecule has 0 unspecified atom stereocenters. The van der Waals surface area contributed by atoms with Crippen LogP contribution in [0.2, 0.25) is 0 Å². The minimum atomic E-state index is -1.01. The molecule has 2 heterocycles. The largest absolute Gasteiger partial charge is 0.485 e. The zero-order valence-electron chi connectivity index (χ0n) is 14.9. The number of nitrogens with zero attached hydrogens (tertiary/aromatic N) is 4. The summed E-state index contributed by atoms with van der Waals surface area (Å²) in [5.41, 5.74) is 0.0742. The molecule has 1 amide bonds. The lowest BCUT2D eigenvalue weighted by molar-refractivity contribution is -0.134. The van der Waals surface area contributed by atoms with Gasteiger partial charge in [0.1, 0.15) is 24.0 Å². The molecule has 1 fully saturated rings. The molecule has 0 spiro atoms. The second-order valence-corrected chi connectivity index (χ2v) is 7.49. The van der Waals surface area contributed by atoms with E-state index in [1.54, 1.807) is 32.0 Å². The summed E-state index contributed by atoms with van der Waals surface area (Å²) in [5.74, 6) is 0.343. The number of rotatable bonds is 2. The standard InChI is InChI=1S/C19H18N4O4/c1-19(2)16(24)15(13-7-10(9-21)3-4-14(13)27-19)26-17-11-8-12(11)18(25)23(22-17)6-5-20/h3-4,7,11-12,15-16,24H,6,8H2,1-2H3/t11-,12-,15-,16+/m1/s1. The van der Waals surface area contributed by atoms with E-state index in [0.29, 0.717) is 29.2 Å². The van der Waals surface area contributed by atoms with Gasteiger partial charge in [0.05, 0.1) is 23.6 Å². The number of carbonyl (C=O) groups excluding carboxylic acids is 1. The van der Waals surface area contributed by atoms with Gasteiger partial charge in [-0.3, -0.25) is 4.79 Å². The summed E-state index contributed by atoms with van der Waals surface area (Å²) < 4.78 is 12.0. The number of benzene rings is 1. The van der Waals surface area contributed by atoms with Gasteiger partial charge in [-0.1, -0.05) is 0 Å². The molecule has 0 bridgehead atoms. The molecule has 138 valence electrons. The molecule has 1 aromatic carbocycles. The average molecular weight is 366 g/mol. The van der Waals surface area contributed by atoms with Crippen molar-refractivity contribution in [2.24, 2.45) is 16.9 Å². The lowest BCUT2D eigenvalue weighted by Gasteiger charge is -2.42. The van der Waals surface area contributed by atoms with E-state index in [1.165, 1.54) is 0 Å². The number of amides is 1. The molecule has 0 radical (unpaired) electrons. The summed E-state index contributed by atoms with van der Waals surface area (Å²) >= 11 is 0. The lowest BCUT2D eigenvalue weighted by Crippen LogP contribution is -2.50. The van der Waals surface area contributed by atoms with Crippen LogP contribution in [0.5, 0.6) is 5.75 Å².